The van der Waals surface area contributed by atoms with Gasteiger partial charge in [0.2, 0.25) is 15.9 Å². The van der Waals surface area contributed by atoms with E-state index < -0.39 is 22.5 Å². The summed E-state index contributed by atoms with van der Waals surface area (Å²) >= 11 is 12.0. The highest BCUT2D eigenvalue weighted by molar-refractivity contribution is 7.92. The molecule has 0 bridgehead atoms. The van der Waals surface area contributed by atoms with Gasteiger partial charge in [-0.2, -0.15) is 0 Å². The van der Waals surface area contributed by atoms with Crippen molar-refractivity contribution < 1.29 is 22.7 Å². The van der Waals surface area contributed by atoms with E-state index in [9.17, 15) is 13.2 Å². The van der Waals surface area contributed by atoms with E-state index in [0.29, 0.717) is 22.2 Å². The number of amides is 1. The lowest BCUT2D eigenvalue weighted by Gasteiger charge is -2.23. The maximum Gasteiger partial charge on any atom is 0.245 e. The van der Waals surface area contributed by atoms with E-state index in [0.717, 1.165) is 10.6 Å². The molecule has 0 atom stereocenters. The van der Waals surface area contributed by atoms with Crippen molar-refractivity contribution in [2.45, 2.75) is 0 Å². The Hall–Kier alpha value is -2.16. The molecular weight excluding hydrogens is 415 g/mol. The summed E-state index contributed by atoms with van der Waals surface area (Å²) in [6, 6.07) is 9.16. The third-order valence-corrected chi connectivity index (χ3v) is 5.21. The van der Waals surface area contributed by atoms with Gasteiger partial charge in [-0.1, -0.05) is 23.2 Å². The first-order valence-corrected chi connectivity index (χ1v) is 10.2. The fourth-order valence-corrected chi connectivity index (χ4v) is 3.60. The average molecular weight is 433 g/mol. The molecule has 10 heteroatoms. The van der Waals surface area contributed by atoms with Crippen molar-refractivity contribution in [3.8, 4) is 11.5 Å². The molecule has 146 valence electrons. The summed E-state index contributed by atoms with van der Waals surface area (Å²) in [5, 5.41) is 3.07. The number of methoxy groups -OCH3 is 2. The van der Waals surface area contributed by atoms with E-state index in [2.05, 4.69) is 5.32 Å². The molecular formula is C17H18Cl2N2O5S. The summed E-state index contributed by atoms with van der Waals surface area (Å²) in [6.07, 6.45) is 0.980. The molecule has 0 saturated carbocycles. The van der Waals surface area contributed by atoms with Crippen molar-refractivity contribution in [1.29, 1.82) is 0 Å². The summed E-state index contributed by atoms with van der Waals surface area (Å²) in [4.78, 5) is 12.4. The lowest BCUT2D eigenvalue weighted by atomic mass is 10.2. The quantitative estimate of drug-likeness (QED) is 0.724. The molecule has 0 aromatic heterocycles. The number of rotatable bonds is 7. The molecule has 0 aliphatic heterocycles. The van der Waals surface area contributed by atoms with Gasteiger partial charge < -0.3 is 14.8 Å². The summed E-state index contributed by atoms with van der Waals surface area (Å²) in [5.74, 6) is 0.357. The molecule has 0 heterocycles. The van der Waals surface area contributed by atoms with E-state index in [4.69, 9.17) is 32.7 Å². The zero-order chi connectivity index (χ0) is 20.2. The smallest absolute Gasteiger partial charge is 0.245 e. The standard InChI is InChI=1S/C17H18Cl2N2O5S/c1-25-15-7-5-12(9-16(15)26-2)20-17(22)10-21(27(3,23)24)14-8-11(18)4-6-13(14)19/h4-9H,10H2,1-3H3,(H,20,22). The van der Waals surface area contributed by atoms with Gasteiger partial charge in [0.25, 0.3) is 0 Å². The summed E-state index contributed by atoms with van der Waals surface area (Å²) in [6.45, 7) is -0.479. The van der Waals surface area contributed by atoms with Crippen LogP contribution in [-0.2, 0) is 14.8 Å². The Kier molecular flexibility index (Phi) is 6.80. The molecule has 0 unspecified atom stereocenters. The molecule has 0 spiro atoms. The van der Waals surface area contributed by atoms with Gasteiger partial charge in [-0.15, -0.1) is 0 Å². The highest BCUT2D eigenvalue weighted by atomic mass is 35.5. The van der Waals surface area contributed by atoms with E-state index in [1.165, 1.54) is 32.4 Å². The largest absolute Gasteiger partial charge is 0.493 e. The van der Waals surface area contributed by atoms with Gasteiger partial charge >= 0.3 is 0 Å². The third kappa shape index (κ3) is 5.41. The predicted octanol–water partition coefficient (Wildman–Crippen LogP) is 3.42. The minimum Gasteiger partial charge on any atom is -0.493 e. The van der Waals surface area contributed by atoms with Crippen molar-refractivity contribution >= 4 is 50.5 Å². The van der Waals surface area contributed by atoms with Gasteiger partial charge in [-0.05, 0) is 30.3 Å². The van der Waals surface area contributed by atoms with Crippen LogP contribution in [0, 0.1) is 0 Å². The topological polar surface area (TPSA) is 84.9 Å². The molecule has 7 nitrogen and oxygen atoms in total. The molecule has 27 heavy (non-hydrogen) atoms. The second-order valence-corrected chi connectivity index (χ2v) is 8.23. The van der Waals surface area contributed by atoms with E-state index in [1.807, 2.05) is 0 Å². The fraction of sp³-hybridized carbons (Fsp3) is 0.235. The molecule has 2 aromatic carbocycles. The Morgan fingerprint density at radius 1 is 1.07 bits per heavy atom. The van der Waals surface area contributed by atoms with Crippen LogP contribution in [0.5, 0.6) is 11.5 Å². The van der Waals surface area contributed by atoms with Crippen LogP contribution in [0.2, 0.25) is 10.0 Å². The number of benzene rings is 2. The maximum absolute atomic E-state index is 12.4. The Bertz CT molecular complexity index is 950. The zero-order valence-corrected chi connectivity index (χ0v) is 17.2. The number of carbonyl (C=O) groups is 1. The van der Waals surface area contributed by atoms with Crippen LogP contribution in [0.3, 0.4) is 0 Å². The third-order valence-electron chi connectivity index (χ3n) is 3.53. The van der Waals surface area contributed by atoms with Gasteiger partial charge in [-0.25, -0.2) is 8.42 Å². The summed E-state index contributed by atoms with van der Waals surface area (Å²) < 4.78 is 35.5. The second kappa shape index (κ2) is 8.69. The Morgan fingerprint density at radius 2 is 1.74 bits per heavy atom. The van der Waals surface area contributed by atoms with E-state index in [1.54, 1.807) is 18.2 Å². The van der Waals surface area contributed by atoms with E-state index >= 15 is 0 Å². The molecule has 1 N–H and O–H groups in total. The number of hydrogen-bond acceptors (Lipinski definition) is 5. The van der Waals surface area contributed by atoms with Gasteiger partial charge in [0.1, 0.15) is 6.54 Å². The van der Waals surface area contributed by atoms with E-state index in [-0.39, 0.29) is 10.7 Å². The number of halogens is 2. The number of ether oxygens (including phenoxy) is 2. The number of nitrogens with one attached hydrogen (secondary N) is 1. The maximum atomic E-state index is 12.4. The van der Waals surface area contributed by atoms with Crippen LogP contribution in [0.1, 0.15) is 0 Å². The highest BCUT2D eigenvalue weighted by Crippen LogP contribution is 2.31. The molecule has 0 saturated heterocycles. The number of carbonyl (C=O) groups excluding carboxylic acids is 1. The van der Waals surface area contributed by atoms with Crippen LogP contribution in [0.15, 0.2) is 36.4 Å². The van der Waals surface area contributed by atoms with Gasteiger partial charge in [0.15, 0.2) is 11.5 Å². The van der Waals surface area contributed by atoms with Crippen molar-refractivity contribution in [2.75, 3.05) is 36.6 Å². The van der Waals surface area contributed by atoms with Gasteiger partial charge in [-0.3, -0.25) is 9.10 Å². The Balaban J connectivity index is 2.26. The minimum absolute atomic E-state index is 0.120. The number of nitrogens with zero attached hydrogens (tertiary/aromatic N) is 1. The monoisotopic (exact) mass is 432 g/mol. The van der Waals surface area contributed by atoms with Crippen molar-refractivity contribution in [2.24, 2.45) is 0 Å². The van der Waals surface area contributed by atoms with Crippen LogP contribution in [0.25, 0.3) is 0 Å². The second-order valence-electron chi connectivity index (χ2n) is 5.48. The molecule has 0 aliphatic carbocycles. The number of anilines is 2. The van der Waals surface area contributed by atoms with Crippen LogP contribution >= 0.6 is 23.2 Å². The Morgan fingerprint density at radius 3 is 2.33 bits per heavy atom. The highest BCUT2D eigenvalue weighted by Gasteiger charge is 2.23. The molecule has 0 aliphatic rings. The van der Waals surface area contributed by atoms with Crippen molar-refractivity contribution in [3.63, 3.8) is 0 Å². The molecule has 0 radical (unpaired) electrons. The molecule has 1 amide bonds. The van der Waals surface area contributed by atoms with Crippen molar-refractivity contribution in [1.82, 2.24) is 0 Å². The predicted molar refractivity (Wildman–Crippen MR) is 107 cm³/mol. The van der Waals surface area contributed by atoms with Crippen LogP contribution < -0.4 is 19.1 Å². The summed E-state index contributed by atoms with van der Waals surface area (Å²) in [7, 11) is -0.820. The lowest BCUT2D eigenvalue weighted by molar-refractivity contribution is -0.114. The van der Waals surface area contributed by atoms with Gasteiger partial charge in [0.05, 0.1) is 31.2 Å². The average Bonchev–Trinajstić information content (AvgIpc) is 2.61. The number of sulfonamides is 1. The van der Waals surface area contributed by atoms with Crippen LogP contribution in [-0.4, -0.2) is 41.3 Å². The Labute approximate surface area is 167 Å². The number of hydrogen-bond donors (Lipinski definition) is 1. The first-order valence-electron chi connectivity index (χ1n) is 7.60. The first kappa shape index (κ1) is 21.1. The lowest BCUT2D eigenvalue weighted by Crippen LogP contribution is -2.37. The molecule has 0 fully saturated rings. The molecule has 2 rings (SSSR count). The minimum atomic E-state index is -3.78. The fourth-order valence-electron chi connectivity index (χ4n) is 2.30. The molecule has 2 aromatic rings. The summed E-state index contributed by atoms with van der Waals surface area (Å²) in [5.41, 5.74) is 0.539. The first-order chi connectivity index (χ1) is 12.7. The van der Waals surface area contributed by atoms with Crippen LogP contribution in [0.4, 0.5) is 11.4 Å². The SMILES string of the molecule is COc1ccc(NC(=O)CN(c2cc(Cl)ccc2Cl)S(C)(=O)=O)cc1OC. The zero-order valence-electron chi connectivity index (χ0n) is 14.8. The van der Waals surface area contributed by atoms with Gasteiger partial charge in [0, 0.05) is 16.8 Å². The van der Waals surface area contributed by atoms with Crippen molar-refractivity contribution in [3.05, 3.63) is 46.4 Å². The normalized spacial score (nSPS) is 11.0.